The van der Waals surface area contributed by atoms with E-state index < -0.39 is 11.8 Å². The summed E-state index contributed by atoms with van der Waals surface area (Å²) in [4.78, 5) is 24.6. The van der Waals surface area contributed by atoms with E-state index >= 15 is 0 Å². The first-order chi connectivity index (χ1) is 11.0. The molecule has 2 aromatic rings. The Labute approximate surface area is 146 Å². The number of hydrogen-bond acceptors (Lipinski definition) is 2. The van der Waals surface area contributed by atoms with E-state index in [0.29, 0.717) is 10.7 Å². The van der Waals surface area contributed by atoms with Crippen LogP contribution in [0.5, 0.6) is 0 Å². The third kappa shape index (κ3) is 3.16. The molecule has 0 atom stereocenters. The predicted octanol–water partition coefficient (Wildman–Crippen LogP) is 3.87. The second-order valence-electron chi connectivity index (χ2n) is 5.13. The Morgan fingerprint density at radius 3 is 2.65 bits per heavy atom. The highest BCUT2D eigenvalue weighted by molar-refractivity contribution is 9.10. The van der Waals surface area contributed by atoms with E-state index in [1.807, 2.05) is 31.2 Å². The maximum absolute atomic E-state index is 12.5. The van der Waals surface area contributed by atoms with Crippen LogP contribution in [0.4, 0.5) is 5.69 Å². The van der Waals surface area contributed by atoms with Gasteiger partial charge in [-0.05, 0) is 48.4 Å². The molecule has 0 aliphatic carbocycles. The molecule has 0 saturated carbocycles. The van der Waals surface area contributed by atoms with Gasteiger partial charge in [0, 0.05) is 9.50 Å². The fourth-order valence-corrected chi connectivity index (χ4v) is 2.81. The smallest absolute Gasteiger partial charge is 0.267 e. The average Bonchev–Trinajstić information content (AvgIpc) is 2.78. The lowest BCUT2D eigenvalue weighted by molar-refractivity contribution is -0.117. The summed E-state index contributed by atoms with van der Waals surface area (Å²) in [6, 6.07) is 12.6. The summed E-state index contributed by atoms with van der Waals surface area (Å²) in [5.74, 6) is -0.846. The number of hydrogen-bond donors (Lipinski definition) is 1. The molecule has 1 N–H and O–H groups in total. The van der Waals surface area contributed by atoms with E-state index in [0.717, 1.165) is 15.6 Å². The molecule has 1 heterocycles. The Morgan fingerprint density at radius 1 is 1.17 bits per heavy atom. The van der Waals surface area contributed by atoms with Crippen molar-refractivity contribution in [1.29, 1.82) is 0 Å². The van der Waals surface area contributed by atoms with Crippen molar-refractivity contribution in [3.05, 3.63) is 68.7 Å². The molecule has 2 amide bonds. The van der Waals surface area contributed by atoms with Crippen molar-refractivity contribution in [2.75, 3.05) is 5.01 Å². The number of nitrogens with zero attached hydrogens (tertiary/aromatic N) is 1. The minimum atomic E-state index is -0.438. The molecule has 1 saturated heterocycles. The third-order valence-electron chi connectivity index (χ3n) is 3.46. The van der Waals surface area contributed by atoms with Gasteiger partial charge in [-0.3, -0.25) is 15.0 Å². The van der Waals surface area contributed by atoms with E-state index in [4.69, 9.17) is 11.6 Å². The summed E-state index contributed by atoms with van der Waals surface area (Å²) in [5, 5.41) is 1.74. The van der Waals surface area contributed by atoms with Gasteiger partial charge >= 0.3 is 0 Å². The third-order valence-corrected chi connectivity index (χ3v) is 4.37. The van der Waals surface area contributed by atoms with Gasteiger partial charge in [0.15, 0.2) is 0 Å². The van der Waals surface area contributed by atoms with Gasteiger partial charge in [0.1, 0.15) is 5.57 Å². The highest BCUT2D eigenvalue weighted by atomic mass is 79.9. The van der Waals surface area contributed by atoms with Crippen molar-refractivity contribution in [2.24, 2.45) is 0 Å². The molecule has 1 fully saturated rings. The Morgan fingerprint density at radius 2 is 1.96 bits per heavy atom. The van der Waals surface area contributed by atoms with Crippen molar-refractivity contribution in [3.8, 4) is 0 Å². The van der Waals surface area contributed by atoms with Crippen LogP contribution in [0.2, 0.25) is 5.02 Å². The molecule has 0 spiro atoms. The first kappa shape index (κ1) is 15.8. The molecular formula is C17H12BrClN2O2. The molecule has 2 aromatic carbocycles. The lowest BCUT2D eigenvalue weighted by Gasteiger charge is -2.15. The number of nitrogens with one attached hydrogen (secondary N) is 1. The number of amides is 2. The first-order valence-electron chi connectivity index (χ1n) is 6.84. The van der Waals surface area contributed by atoms with Crippen LogP contribution in [0.25, 0.3) is 6.08 Å². The molecule has 6 heteroatoms. The van der Waals surface area contributed by atoms with Crippen molar-refractivity contribution in [1.82, 2.24) is 5.43 Å². The number of rotatable bonds is 2. The largest absolute Gasteiger partial charge is 0.282 e. The van der Waals surface area contributed by atoms with E-state index in [2.05, 4.69) is 21.4 Å². The van der Waals surface area contributed by atoms with Crippen LogP contribution in [0.15, 0.2) is 52.5 Å². The van der Waals surface area contributed by atoms with Gasteiger partial charge < -0.3 is 0 Å². The van der Waals surface area contributed by atoms with E-state index in [1.165, 1.54) is 5.01 Å². The summed E-state index contributed by atoms with van der Waals surface area (Å²) in [6.45, 7) is 1.87. The number of carbonyl (C=O) groups excluding carboxylic acids is 2. The topological polar surface area (TPSA) is 49.4 Å². The van der Waals surface area contributed by atoms with Gasteiger partial charge in [0.05, 0.1) is 5.69 Å². The quantitative estimate of drug-likeness (QED) is 0.624. The maximum Gasteiger partial charge on any atom is 0.282 e. The number of aryl methyl sites for hydroxylation is 1. The van der Waals surface area contributed by atoms with Crippen molar-refractivity contribution in [3.63, 3.8) is 0 Å². The molecule has 0 unspecified atom stereocenters. The number of anilines is 1. The maximum atomic E-state index is 12.5. The van der Waals surface area contributed by atoms with Crippen LogP contribution in [0.1, 0.15) is 11.1 Å². The van der Waals surface area contributed by atoms with E-state index in [1.54, 1.807) is 24.3 Å². The average molecular weight is 392 g/mol. The van der Waals surface area contributed by atoms with E-state index in [-0.39, 0.29) is 5.57 Å². The Bertz CT molecular complexity index is 848. The van der Waals surface area contributed by atoms with Gasteiger partial charge in [-0.1, -0.05) is 45.7 Å². The van der Waals surface area contributed by atoms with Gasteiger partial charge in [0.25, 0.3) is 11.8 Å². The van der Waals surface area contributed by atoms with Crippen molar-refractivity contribution < 1.29 is 9.59 Å². The van der Waals surface area contributed by atoms with Crippen LogP contribution in [0.3, 0.4) is 0 Å². The van der Waals surface area contributed by atoms with Crippen LogP contribution >= 0.6 is 27.5 Å². The zero-order valence-electron chi connectivity index (χ0n) is 12.1. The van der Waals surface area contributed by atoms with Gasteiger partial charge in [0.2, 0.25) is 0 Å². The van der Waals surface area contributed by atoms with Crippen molar-refractivity contribution in [2.45, 2.75) is 6.92 Å². The number of benzene rings is 2. The van der Waals surface area contributed by atoms with Crippen LogP contribution < -0.4 is 10.4 Å². The minimum Gasteiger partial charge on any atom is -0.267 e. The lowest BCUT2D eigenvalue weighted by Crippen LogP contribution is -2.35. The molecule has 23 heavy (non-hydrogen) atoms. The monoisotopic (exact) mass is 390 g/mol. The van der Waals surface area contributed by atoms with Gasteiger partial charge in [-0.15, -0.1) is 0 Å². The summed E-state index contributed by atoms with van der Waals surface area (Å²) in [7, 11) is 0. The molecule has 0 radical (unpaired) electrons. The van der Waals surface area contributed by atoms with Gasteiger partial charge in [-0.25, -0.2) is 5.01 Å². The predicted molar refractivity (Wildman–Crippen MR) is 93.9 cm³/mol. The number of halogens is 2. The molecule has 0 aromatic heterocycles. The zero-order valence-corrected chi connectivity index (χ0v) is 14.5. The zero-order chi connectivity index (χ0) is 16.6. The summed E-state index contributed by atoms with van der Waals surface area (Å²) < 4.78 is 0.875. The van der Waals surface area contributed by atoms with Crippen LogP contribution in [-0.2, 0) is 9.59 Å². The van der Waals surface area contributed by atoms with Gasteiger partial charge in [-0.2, -0.15) is 0 Å². The Hall–Kier alpha value is -2.11. The fourth-order valence-electron chi connectivity index (χ4n) is 2.22. The van der Waals surface area contributed by atoms with Crippen LogP contribution in [0, 0.1) is 6.92 Å². The molecule has 3 rings (SSSR count). The molecular weight excluding hydrogens is 380 g/mol. The second-order valence-corrected chi connectivity index (χ2v) is 6.45. The highest BCUT2D eigenvalue weighted by Gasteiger charge is 2.34. The first-order valence-corrected chi connectivity index (χ1v) is 8.01. The molecule has 0 bridgehead atoms. The van der Waals surface area contributed by atoms with Crippen LogP contribution in [-0.4, -0.2) is 11.8 Å². The second kappa shape index (κ2) is 6.18. The summed E-state index contributed by atoms with van der Waals surface area (Å²) in [5.41, 5.74) is 4.83. The molecule has 1 aliphatic heterocycles. The Balaban J connectivity index is 1.95. The fraction of sp³-hybridized carbons (Fsp3) is 0.0588. The number of carbonyl (C=O) groups is 2. The lowest BCUT2D eigenvalue weighted by atomic mass is 10.1. The van der Waals surface area contributed by atoms with E-state index in [9.17, 15) is 9.59 Å². The normalized spacial score (nSPS) is 16.1. The standard InChI is InChI=1S/C17H12BrClN2O2/c1-10-5-6-13(9-15(10)19)21-17(23)14(16(22)20-21)8-11-3-2-4-12(18)7-11/h2-9H,1H3,(H,20,22)/b14-8+. The minimum absolute atomic E-state index is 0.0831. The number of hydrazine groups is 1. The molecule has 4 nitrogen and oxygen atoms in total. The van der Waals surface area contributed by atoms with Crippen molar-refractivity contribution >= 4 is 51.1 Å². The molecule has 1 aliphatic rings. The molecule has 116 valence electrons. The summed E-state index contributed by atoms with van der Waals surface area (Å²) in [6.07, 6.45) is 1.57. The summed E-state index contributed by atoms with van der Waals surface area (Å²) >= 11 is 9.45. The highest BCUT2D eigenvalue weighted by Crippen LogP contribution is 2.26. The Kier molecular flexibility index (Phi) is 4.24. The SMILES string of the molecule is Cc1ccc(N2NC(=O)/C(=C\c3cccc(Br)c3)C2=O)cc1Cl.